The fraction of sp³-hybridized carbons (Fsp3) is 0.261. The predicted octanol–water partition coefficient (Wildman–Crippen LogP) is 4.63. The number of nitrogens with zero attached hydrogens (tertiary/aromatic N) is 3. The minimum atomic E-state index is -0.126. The largest absolute Gasteiger partial charge is 0.355 e. The van der Waals surface area contributed by atoms with Crippen LogP contribution >= 0.6 is 0 Å². The Morgan fingerprint density at radius 3 is 2.46 bits per heavy atom. The van der Waals surface area contributed by atoms with Crippen molar-refractivity contribution in [3.05, 3.63) is 72.3 Å². The minimum Gasteiger partial charge on any atom is -0.355 e. The number of amides is 1. The fourth-order valence-electron chi connectivity index (χ4n) is 3.43. The zero-order chi connectivity index (χ0) is 19.3. The summed E-state index contributed by atoms with van der Waals surface area (Å²) in [6, 6.07) is 20.9. The molecule has 1 aromatic heterocycles. The van der Waals surface area contributed by atoms with Crippen LogP contribution in [0.2, 0.25) is 0 Å². The van der Waals surface area contributed by atoms with E-state index < -0.39 is 0 Å². The number of nitrogens with one attached hydrogen (secondary N) is 1. The molecule has 0 aliphatic carbocycles. The molecule has 2 aromatic carbocycles. The van der Waals surface area contributed by atoms with E-state index in [1.807, 2.05) is 54.6 Å². The molecule has 0 spiro atoms. The summed E-state index contributed by atoms with van der Waals surface area (Å²) in [6.45, 7) is 4.38. The molecule has 5 heteroatoms. The highest BCUT2D eigenvalue weighted by Crippen LogP contribution is 2.24. The van der Waals surface area contributed by atoms with Crippen LogP contribution in [-0.2, 0) is 0 Å². The molecule has 1 aliphatic rings. The van der Waals surface area contributed by atoms with E-state index in [0.29, 0.717) is 5.56 Å². The van der Waals surface area contributed by atoms with Gasteiger partial charge in [0.15, 0.2) is 5.82 Å². The zero-order valence-corrected chi connectivity index (χ0v) is 16.0. The molecule has 0 bridgehead atoms. The van der Waals surface area contributed by atoms with Gasteiger partial charge >= 0.3 is 0 Å². The molecular formula is C23H24N4O. The van der Waals surface area contributed by atoms with Gasteiger partial charge < -0.3 is 10.2 Å². The summed E-state index contributed by atoms with van der Waals surface area (Å²) in [5.41, 5.74) is 3.09. The maximum atomic E-state index is 12.4. The first-order valence-corrected chi connectivity index (χ1v) is 9.74. The van der Waals surface area contributed by atoms with Crippen molar-refractivity contribution >= 4 is 17.4 Å². The van der Waals surface area contributed by atoms with Gasteiger partial charge in [-0.25, -0.2) is 0 Å². The van der Waals surface area contributed by atoms with Crippen LogP contribution in [0.1, 0.15) is 30.1 Å². The van der Waals surface area contributed by atoms with E-state index >= 15 is 0 Å². The second-order valence-corrected chi connectivity index (χ2v) is 7.35. The maximum Gasteiger partial charge on any atom is 0.255 e. The van der Waals surface area contributed by atoms with Gasteiger partial charge in [-0.3, -0.25) is 4.79 Å². The van der Waals surface area contributed by atoms with Crippen LogP contribution in [0.15, 0.2) is 66.7 Å². The highest BCUT2D eigenvalue weighted by atomic mass is 16.1. The van der Waals surface area contributed by atoms with E-state index in [2.05, 4.69) is 27.3 Å². The first-order valence-electron chi connectivity index (χ1n) is 9.74. The van der Waals surface area contributed by atoms with Gasteiger partial charge in [0.05, 0.1) is 5.69 Å². The molecule has 28 heavy (non-hydrogen) atoms. The van der Waals surface area contributed by atoms with Crippen molar-refractivity contribution in [2.75, 3.05) is 23.3 Å². The lowest BCUT2D eigenvalue weighted by molar-refractivity contribution is 0.102. The van der Waals surface area contributed by atoms with Crippen molar-refractivity contribution in [3.8, 4) is 11.3 Å². The molecule has 0 unspecified atom stereocenters. The van der Waals surface area contributed by atoms with Crippen molar-refractivity contribution in [1.29, 1.82) is 0 Å². The monoisotopic (exact) mass is 372 g/mol. The fourth-order valence-corrected chi connectivity index (χ4v) is 3.43. The molecule has 2 heterocycles. The summed E-state index contributed by atoms with van der Waals surface area (Å²) >= 11 is 0. The molecule has 0 saturated carbocycles. The average molecular weight is 372 g/mol. The van der Waals surface area contributed by atoms with Gasteiger partial charge in [0.1, 0.15) is 0 Å². The SMILES string of the molecule is CC1CCN(c2ccc(-c3cccc(NC(=O)c4ccccc4)c3)nn2)CC1. The van der Waals surface area contributed by atoms with Gasteiger partial charge in [0.25, 0.3) is 5.91 Å². The van der Waals surface area contributed by atoms with Crippen molar-refractivity contribution in [2.24, 2.45) is 5.92 Å². The lowest BCUT2D eigenvalue weighted by Crippen LogP contribution is -2.33. The number of rotatable bonds is 4. The summed E-state index contributed by atoms with van der Waals surface area (Å²) in [4.78, 5) is 14.7. The summed E-state index contributed by atoms with van der Waals surface area (Å²) in [7, 11) is 0. The quantitative estimate of drug-likeness (QED) is 0.725. The predicted molar refractivity (Wildman–Crippen MR) is 112 cm³/mol. The first-order chi connectivity index (χ1) is 13.7. The van der Waals surface area contributed by atoms with E-state index in [4.69, 9.17) is 0 Å². The minimum absolute atomic E-state index is 0.126. The number of piperidine rings is 1. The Morgan fingerprint density at radius 1 is 0.964 bits per heavy atom. The van der Waals surface area contributed by atoms with Crippen molar-refractivity contribution in [3.63, 3.8) is 0 Å². The number of anilines is 2. The van der Waals surface area contributed by atoms with Gasteiger partial charge in [0, 0.05) is 29.9 Å². The molecule has 1 saturated heterocycles. The second kappa shape index (κ2) is 8.21. The van der Waals surface area contributed by atoms with Crippen molar-refractivity contribution < 1.29 is 4.79 Å². The molecule has 3 aromatic rings. The topological polar surface area (TPSA) is 58.1 Å². The molecule has 0 atom stereocenters. The standard InChI is InChI=1S/C23H24N4O/c1-17-12-14-27(15-13-17)22-11-10-21(25-26-22)19-8-5-9-20(16-19)24-23(28)18-6-3-2-4-7-18/h2-11,16-17H,12-15H2,1H3,(H,24,28). The van der Waals surface area contributed by atoms with E-state index in [9.17, 15) is 4.79 Å². The van der Waals surface area contributed by atoms with Gasteiger partial charge in [0.2, 0.25) is 0 Å². The van der Waals surface area contributed by atoms with Crippen molar-refractivity contribution in [1.82, 2.24) is 10.2 Å². The number of benzene rings is 2. The number of hydrogen-bond donors (Lipinski definition) is 1. The molecule has 1 fully saturated rings. The smallest absolute Gasteiger partial charge is 0.255 e. The van der Waals surface area contributed by atoms with Crippen LogP contribution in [0.5, 0.6) is 0 Å². The van der Waals surface area contributed by atoms with Crippen LogP contribution in [0, 0.1) is 5.92 Å². The molecule has 4 rings (SSSR count). The Morgan fingerprint density at radius 2 is 1.75 bits per heavy atom. The van der Waals surface area contributed by atoms with Crippen LogP contribution in [0.3, 0.4) is 0 Å². The van der Waals surface area contributed by atoms with Crippen LogP contribution < -0.4 is 10.2 Å². The van der Waals surface area contributed by atoms with Gasteiger partial charge in [-0.15, -0.1) is 10.2 Å². The molecule has 1 amide bonds. The van der Waals surface area contributed by atoms with E-state index in [1.165, 1.54) is 12.8 Å². The summed E-state index contributed by atoms with van der Waals surface area (Å²) in [5, 5.41) is 11.8. The molecule has 1 N–H and O–H groups in total. The summed E-state index contributed by atoms with van der Waals surface area (Å²) < 4.78 is 0. The first kappa shape index (κ1) is 18.2. The Balaban J connectivity index is 1.47. The molecule has 1 aliphatic heterocycles. The highest BCUT2D eigenvalue weighted by Gasteiger charge is 2.17. The third-order valence-corrected chi connectivity index (χ3v) is 5.21. The number of carbonyl (C=O) groups is 1. The Bertz CT molecular complexity index is 932. The third-order valence-electron chi connectivity index (χ3n) is 5.21. The lowest BCUT2D eigenvalue weighted by Gasteiger charge is -2.30. The Kier molecular flexibility index (Phi) is 5.33. The van der Waals surface area contributed by atoms with Gasteiger partial charge in [-0.2, -0.15) is 0 Å². The number of aromatic nitrogens is 2. The Labute approximate surface area is 165 Å². The number of hydrogen-bond acceptors (Lipinski definition) is 4. The van der Waals surface area contributed by atoms with Crippen LogP contribution in [0.25, 0.3) is 11.3 Å². The van der Waals surface area contributed by atoms with Crippen LogP contribution in [0.4, 0.5) is 11.5 Å². The van der Waals surface area contributed by atoms with E-state index in [1.54, 1.807) is 12.1 Å². The Hall–Kier alpha value is -3.21. The van der Waals surface area contributed by atoms with Crippen LogP contribution in [-0.4, -0.2) is 29.2 Å². The lowest BCUT2D eigenvalue weighted by atomic mass is 9.99. The molecule has 5 nitrogen and oxygen atoms in total. The van der Waals surface area contributed by atoms with E-state index in [-0.39, 0.29) is 5.91 Å². The van der Waals surface area contributed by atoms with Gasteiger partial charge in [-0.1, -0.05) is 37.3 Å². The maximum absolute atomic E-state index is 12.4. The molecule has 0 radical (unpaired) electrons. The van der Waals surface area contributed by atoms with Gasteiger partial charge in [-0.05, 0) is 55.2 Å². The van der Waals surface area contributed by atoms with E-state index in [0.717, 1.165) is 41.8 Å². The zero-order valence-electron chi connectivity index (χ0n) is 16.0. The summed E-state index contributed by atoms with van der Waals surface area (Å²) in [6.07, 6.45) is 2.40. The molecule has 142 valence electrons. The normalized spacial score (nSPS) is 14.7. The number of carbonyl (C=O) groups excluding carboxylic acids is 1. The highest BCUT2D eigenvalue weighted by molar-refractivity contribution is 6.04. The summed E-state index contributed by atoms with van der Waals surface area (Å²) in [5.74, 6) is 1.60. The second-order valence-electron chi connectivity index (χ2n) is 7.35. The average Bonchev–Trinajstić information content (AvgIpc) is 2.75. The third kappa shape index (κ3) is 4.19. The van der Waals surface area contributed by atoms with Crippen molar-refractivity contribution in [2.45, 2.75) is 19.8 Å². The molecular weight excluding hydrogens is 348 g/mol.